The Morgan fingerprint density at radius 1 is 0.571 bits per heavy atom. The molecule has 0 amide bonds. The van der Waals surface area contributed by atoms with E-state index >= 15 is 0 Å². The molecular formula is C53H38N3+. The lowest BCUT2D eigenvalue weighted by Crippen LogP contribution is -2.43. The van der Waals surface area contributed by atoms with Crippen molar-refractivity contribution in [3.63, 3.8) is 0 Å². The minimum Gasteiger partial charge on any atom is -0.318 e. The molecule has 13 rings (SSSR count). The predicted molar refractivity (Wildman–Crippen MR) is 232 cm³/mol. The van der Waals surface area contributed by atoms with Crippen LogP contribution < -0.4 is 14.4 Å². The second kappa shape index (κ2) is 10.7. The van der Waals surface area contributed by atoms with E-state index in [2.05, 4.69) is 198 Å². The Morgan fingerprint density at radius 2 is 1.25 bits per heavy atom. The fourth-order valence-electron chi connectivity index (χ4n) is 11.2. The van der Waals surface area contributed by atoms with E-state index in [9.17, 15) is 0 Å². The first-order valence-corrected chi connectivity index (χ1v) is 20.0. The third-order valence-electron chi connectivity index (χ3n) is 13.6. The first kappa shape index (κ1) is 30.6. The molecule has 0 saturated carbocycles. The van der Waals surface area contributed by atoms with E-state index in [0.717, 1.165) is 6.42 Å². The molecule has 0 N–H and O–H groups in total. The maximum atomic E-state index is 2.55. The number of benzene rings is 7. The molecule has 56 heavy (non-hydrogen) atoms. The van der Waals surface area contributed by atoms with Gasteiger partial charge in [-0.1, -0.05) is 123 Å². The molecule has 7 aromatic rings. The van der Waals surface area contributed by atoms with Crippen molar-refractivity contribution in [2.24, 2.45) is 0 Å². The third-order valence-corrected chi connectivity index (χ3v) is 13.6. The van der Waals surface area contributed by atoms with Crippen LogP contribution in [0.25, 0.3) is 27.8 Å². The molecule has 264 valence electrons. The number of rotatable bonds is 2. The molecule has 3 aliphatic heterocycles. The zero-order chi connectivity index (χ0) is 36.9. The summed E-state index contributed by atoms with van der Waals surface area (Å²) >= 11 is 0. The smallest absolute Gasteiger partial charge is 0.235 e. The summed E-state index contributed by atoms with van der Waals surface area (Å²) < 4.78 is 2.52. The molecule has 0 radical (unpaired) electrons. The summed E-state index contributed by atoms with van der Waals surface area (Å²) in [5.74, 6) is 0.315. The van der Waals surface area contributed by atoms with Crippen molar-refractivity contribution in [2.45, 2.75) is 37.6 Å². The topological polar surface area (TPSA) is 9.49 Å². The van der Waals surface area contributed by atoms with Crippen molar-refractivity contribution >= 4 is 51.1 Å². The van der Waals surface area contributed by atoms with Crippen LogP contribution in [-0.4, -0.2) is 11.8 Å². The van der Waals surface area contributed by atoms with Crippen LogP contribution in [-0.2, 0) is 11.8 Å². The van der Waals surface area contributed by atoms with E-state index < -0.39 is 0 Å². The van der Waals surface area contributed by atoms with Crippen LogP contribution in [0.15, 0.2) is 170 Å². The molecule has 0 spiro atoms. The Kier molecular flexibility index (Phi) is 5.87. The molecule has 2 atom stereocenters. The highest BCUT2D eigenvalue weighted by molar-refractivity contribution is 6.21. The molecule has 0 saturated heterocycles. The zero-order valence-corrected chi connectivity index (χ0v) is 31.4. The highest BCUT2D eigenvalue weighted by atomic mass is 15.3. The second-order valence-corrected chi connectivity index (χ2v) is 16.6. The average Bonchev–Trinajstić information content (AvgIpc) is 3.64. The Balaban J connectivity index is 1.01. The minimum atomic E-state index is -0.128. The third kappa shape index (κ3) is 3.80. The van der Waals surface area contributed by atoms with E-state index in [1.54, 1.807) is 0 Å². The van der Waals surface area contributed by atoms with E-state index in [0.29, 0.717) is 5.92 Å². The zero-order valence-electron chi connectivity index (χ0n) is 31.4. The number of hydrogen-bond donors (Lipinski definition) is 0. The highest BCUT2D eigenvalue weighted by Gasteiger charge is 2.48. The van der Waals surface area contributed by atoms with Gasteiger partial charge in [-0.3, -0.25) is 0 Å². The molecule has 6 aliphatic rings. The van der Waals surface area contributed by atoms with Gasteiger partial charge in [0, 0.05) is 58.2 Å². The maximum absolute atomic E-state index is 2.55. The Hall–Kier alpha value is -6.71. The molecule has 3 heterocycles. The molecule has 7 aromatic carbocycles. The van der Waals surface area contributed by atoms with E-state index in [4.69, 9.17) is 0 Å². The van der Waals surface area contributed by atoms with Crippen LogP contribution in [0.4, 0.5) is 39.8 Å². The van der Waals surface area contributed by atoms with Crippen molar-refractivity contribution in [2.75, 3.05) is 9.80 Å². The Bertz CT molecular complexity index is 3010. The molecular weight excluding hydrogens is 679 g/mol. The van der Waals surface area contributed by atoms with Crippen molar-refractivity contribution < 1.29 is 0 Å². The molecule has 3 aliphatic carbocycles. The summed E-state index contributed by atoms with van der Waals surface area (Å²) in [7, 11) is 0. The first-order chi connectivity index (χ1) is 27.6. The van der Waals surface area contributed by atoms with Gasteiger partial charge in [0.2, 0.25) is 17.1 Å². The van der Waals surface area contributed by atoms with Gasteiger partial charge < -0.3 is 9.80 Å². The van der Waals surface area contributed by atoms with Crippen molar-refractivity contribution in [3.8, 4) is 22.3 Å². The van der Waals surface area contributed by atoms with Gasteiger partial charge in [0.15, 0.2) is 0 Å². The number of nitrogens with zero attached hydrogens (tertiary/aromatic N) is 3. The number of anilines is 5. The molecule has 4 bridgehead atoms. The summed E-state index contributed by atoms with van der Waals surface area (Å²) in [6, 6.07) is 57.5. The molecule has 3 nitrogen and oxygen atoms in total. The Morgan fingerprint density at radius 3 is 2.12 bits per heavy atom. The summed E-state index contributed by atoms with van der Waals surface area (Å²) in [5.41, 5.74) is 24.9. The number of fused-ring (bicyclic) bond motifs is 10. The molecule has 0 aromatic heterocycles. The fourth-order valence-corrected chi connectivity index (χ4v) is 11.2. The minimum absolute atomic E-state index is 0.126. The van der Waals surface area contributed by atoms with Crippen LogP contribution >= 0.6 is 0 Å². The van der Waals surface area contributed by atoms with Gasteiger partial charge in [-0.2, -0.15) is 4.58 Å². The number of allylic oxidation sites excluding steroid dienone is 2. The monoisotopic (exact) mass is 716 g/mol. The lowest BCUT2D eigenvalue weighted by Gasteiger charge is -2.32. The summed E-state index contributed by atoms with van der Waals surface area (Å²) in [5, 5.41) is 0. The van der Waals surface area contributed by atoms with Crippen LogP contribution in [0, 0.1) is 0 Å². The largest absolute Gasteiger partial charge is 0.318 e. The van der Waals surface area contributed by atoms with E-state index in [1.807, 2.05) is 0 Å². The lowest BCUT2D eigenvalue weighted by atomic mass is 9.76. The summed E-state index contributed by atoms with van der Waals surface area (Å²) in [4.78, 5) is 5.10. The van der Waals surface area contributed by atoms with Crippen LogP contribution in [0.2, 0.25) is 0 Å². The van der Waals surface area contributed by atoms with Gasteiger partial charge in [0.05, 0.1) is 5.69 Å². The quantitative estimate of drug-likeness (QED) is 0.165. The fraction of sp³-hybridized carbons (Fsp3) is 0.113. The number of para-hydroxylation sites is 4. The van der Waals surface area contributed by atoms with Gasteiger partial charge in [-0.05, 0) is 98.5 Å². The predicted octanol–water partition coefficient (Wildman–Crippen LogP) is 12.9. The highest BCUT2D eigenvalue weighted by Crippen LogP contribution is 2.57. The van der Waals surface area contributed by atoms with Gasteiger partial charge in [-0.15, -0.1) is 0 Å². The SMILES string of the molecule is CC1(C)c2ccc(N3c4ccccc4C4Cc5c(cccc53)-c3ccccc34)cc2-c2cc([N+]3=C4C=CC=C5c6ccccc6N(c6ccccc63)C54)ccc21. The van der Waals surface area contributed by atoms with Crippen molar-refractivity contribution in [3.05, 3.63) is 203 Å². The summed E-state index contributed by atoms with van der Waals surface area (Å²) in [6.07, 6.45) is 7.88. The van der Waals surface area contributed by atoms with Gasteiger partial charge in [-0.25, -0.2) is 0 Å². The van der Waals surface area contributed by atoms with Gasteiger partial charge in [0.1, 0.15) is 11.7 Å². The molecule has 0 fully saturated rings. The summed E-state index contributed by atoms with van der Waals surface area (Å²) in [6.45, 7) is 4.79. The van der Waals surface area contributed by atoms with E-state index in [-0.39, 0.29) is 11.5 Å². The Labute approximate surface area is 327 Å². The van der Waals surface area contributed by atoms with Crippen LogP contribution in [0.1, 0.15) is 53.1 Å². The van der Waals surface area contributed by atoms with E-state index in [1.165, 1.54) is 107 Å². The molecule has 3 heteroatoms. The normalized spacial score (nSPS) is 19.2. The molecule has 2 unspecified atom stereocenters. The van der Waals surface area contributed by atoms with Gasteiger partial charge >= 0.3 is 0 Å². The average molecular weight is 717 g/mol. The van der Waals surface area contributed by atoms with Crippen molar-refractivity contribution in [1.29, 1.82) is 0 Å². The number of hydrogen-bond acceptors (Lipinski definition) is 2. The standard InChI is InChI=1S/C53H38N3/c1-53(2)44-27-25-32(54-46-19-7-6-16-38(46)40-31-43-36(17-11-23-48(43)54)34-13-3-4-14-35(34)40)29-41(44)42-30-33(26-28-45(42)53)55-49-21-9-10-22-50(49)56-47-20-8-5-15-37(47)39-18-12-24-51(55)52(39)56/h3-30,40,52H,31H2,1-2H3/q+1. The van der Waals surface area contributed by atoms with Crippen LogP contribution in [0.5, 0.6) is 0 Å². The lowest BCUT2D eigenvalue weighted by molar-refractivity contribution is 0.660. The van der Waals surface area contributed by atoms with Gasteiger partial charge in [0.25, 0.3) is 0 Å². The van der Waals surface area contributed by atoms with Crippen molar-refractivity contribution in [1.82, 2.24) is 4.58 Å². The van der Waals surface area contributed by atoms with Crippen LogP contribution in [0.3, 0.4) is 0 Å². The first-order valence-electron chi connectivity index (χ1n) is 20.0. The maximum Gasteiger partial charge on any atom is 0.235 e. The second-order valence-electron chi connectivity index (χ2n) is 16.6.